The van der Waals surface area contributed by atoms with Gasteiger partial charge >= 0.3 is 0 Å². The Kier molecular flexibility index (Phi) is 8.73. The van der Waals surface area contributed by atoms with Crippen LogP contribution in [0.4, 0.5) is 28.4 Å². The first kappa shape index (κ1) is 32.2. The van der Waals surface area contributed by atoms with Gasteiger partial charge in [-0.15, -0.1) is 0 Å². The zero-order valence-corrected chi connectivity index (χ0v) is 29.4. The summed E-state index contributed by atoms with van der Waals surface area (Å²) >= 11 is 0. The molecule has 49 heavy (non-hydrogen) atoms. The molecule has 0 saturated carbocycles. The molecule has 0 spiro atoms. The Morgan fingerprint density at radius 1 is 0.429 bits per heavy atom. The highest BCUT2D eigenvalue weighted by Gasteiger charge is 2.35. The third-order valence-electron chi connectivity index (χ3n) is 10.7. The maximum absolute atomic E-state index is 2.57. The van der Waals surface area contributed by atoms with Gasteiger partial charge in [0.25, 0.3) is 0 Å². The monoisotopic (exact) mass is 638 g/mol. The Hall–Kier alpha value is -5.34. The van der Waals surface area contributed by atoms with Crippen LogP contribution in [-0.4, -0.2) is 0 Å². The maximum Gasteiger partial charge on any atom is 0.0672 e. The van der Waals surface area contributed by atoms with E-state index in [4.69, 9.17) is 0 Å². The molecule has 0 saturated heterocycles. The molecular formula is C47H46N2. The van der Waals surface area contributed by atoms with Crippen LogP contribution in [0, 0.1) is 0 Å². The van der Waals surface area contributed by atoms with E-state index in [1.807, 2.05) is 0 Å². The van der Waals surface area contributed by atoms with E-state index in [2.05, 4.69) is 208 Å². The van der Waals surface area contributed by atoms with Crippen LogP contribution in [0.1, 0.15) is 58.6 Å². The van der Waals surface area contributed by atoms with Crippen LogP contribution < -0.4 is 9.80 Å². The molecule has 0 aliphatic heterocycles. The van der Waals surface area contributed by atoms with Gasteiger partial charge in [0, 0.05) is 33.8 Å². The molecule has 0 aliphatic rings. The van der Waals surface area contributed by atoms with Crippen molar-refractivity contribution in [1.29, 1.82) is 0 Å². The number of benzene rings is 7. The zero-order valence-electron chi connectivity index (χ0n) is 29.4. The van der Waals surface area contributed by atoms with Gasteiger partial charge in [-0.3, -0.25) is 0 Å². The number of hydrogen-bond donors (Lipinski definition) is 0. The third kappa shape index (κ3) is 6.08. The van der Waals surface area contributed by atoms with Crippen molar-refractivity contribution < 1.29 is 0 Å². The van der Waals surface area contributed by atoms with E-state index in [0.717, 1.165) is 35.6 Å². The Morgan fingerprint density at radius 2 is 0.980 bits per heavy atom. The molecule has 2 nitrogen and oxygen atoms in total. The Balaban J connectivity index is 1.37. The fraction of sp³-hybridized carbons (Fsp3) is 0.191. The van der Waals surface area contributed by atoms with Crippen LogP contribution in [0.25, 0.3) is 21.5 Å². The smallest absolute Gasteiger partial charge is 0.0672 e. The van der Waals surface area contributed by atoms with Gasteiger partial charge in [0.2, 0.25) is 0 Å². The molecule has 0 heterocycles. The number of fused-ring (bicyclic) bond motifs is 2. The SMILES string of the molecule is CCC(C)(C)c1ccc(C(C)(CC)N(c2ccc(N(c3ccccc3)c3ccc4ccccc4c3)cc2)c2cccc3ccccc23)cc1. The minimum atomic E-state index is -0.308. The lowest BCUT2D eigenvalue weighted by atomic mass is 9.79. The highest BCUT2D eigenvalue weighted by atomic mass is 15.2. The van der Waals surface area contributed by atoms with Gasteiger partial charge < -0.3 is 9.80 Å². The van der Waals surface area contributed by atoms with E-state index in [-0.39, 0.29) is 11.0 Å². The molecule has 0 amide bonds. The fourth-order valence-electron chi connectivity index (χ4n) is 7.16. The van der Waals surface area contributed by atoms with Gasteiger partial charge in [-0.05, 0) is 107 Å². The van der Waals surface area contributed by atoms with Gasteiger partial charge in [-0.1, -0.05) is 137 Å². The zero-order chi connectivity index (χ0) is 34.0. The van der Waals surface area contributed by atoms with Gasteiger partial charge in [0.1, 0.15) is 0 Å². The first-order valence-corrected chi connectivity index (χ1v) is 17.7. The molecule has 7 rings (SSSR count). The lowest BCUT2D eigenvalue weighted by Crippen LogP contribution is -2.40. The summed E-state index contributed by atoms with van der Waals surface area (Å²) in [6.07, 6.45) is 2.03. The number of nitrogens with zero attached hydrogens (tertiary/aromatic N) is 2. The molecule has 244 valence electrons. The highest BCUT2D eigenvalue weighted by Crippen LogP contribution is 2.46. The van der Waals surface area contributed by atoms with Crippen LogP contribution in [0.15, 0.2) is 164 Å². The van der Waals surface area contributed by atoms with Gasteiger partial charge in [-0.25, -0.2) is 0 Å². The number of hydrogen-bond acceptors (Lipinski definition) is 2. The van der Waals surface area contributed by atoms with Crippen LogP contribution in [0.2, 0.25) is 0 Å². The van der Waals surface area contributed by atoms with E-state index in [1.54, 1.807) is 0 Å². The summed E-state index contributed by atoms with van der Waals surface area (Å²) in [5.41, 5.74) is 8.28. The molecule has 1 unspecified atom stereocenters. The van der Waals surface area contributed by atoms with Gasteiger partial charge in [0.15, 0.2) is 0 Å². The third-order valence-corrected chi connectivity index (χ3v) is 10.7. The molecule has 0 aromatic heterocycles. The Labute approximate surface area is 292 Å². The number of para-hydroxylation sites is 1. The molecule has 0 fully saturated rings. The average Bonchev–Trinajstić information content (AvgIpc) is 3.16. The fourth-order valence-corrected chi connectivity index (χ4v) is 7.16. The Morgan fingerprint density at radius 3 is 1.67 bits per heavy atom. The summed E-state index contributed by atoms with van der Waals surface area (Å²) in [7, 11) is 0. The van der Waals surface area contributed by atoms with E-state index in [1.165, 1.54) is 38.4 Å². The van der Waals surface area contributed by atoms with Crippen molar-refractivity contribution in [1.82, 2.24) is 0 Å². The summed E-state index contributed by atoms with van der Waals surface area (Å²) < 4.78 is 0. The largest absolute Gasteiger partial charge is 0.331 e. The van der Waals surface area contributed by atoms with Crippen molar-refractivity contribution in [3.63, 3.8) is 0 Å². The number of anilines is 5. The van der Waals surface area contributed by atoms with Crippen molar-refractivity contribution >= 4 is 50.0 Å². The van der Waals surface area contributed by atoms with Gasteiger partial charge in [-0.2, -0.15) is 0 Å². The van der Waals surface area contributed by atoms with E-state index in [0.29, 0.717) is 0 Å². The summed E-state index contributed by atoms with van der Waals surface area (Å²) in [6.45, 7) is 11.7. The summed E-state index contributed by atoms with van der Waals surface area (Å²) in [4.78, 5) is 4.92. The number of rotatable bonds is 10. The first-order chi connectivity index (χ1) is 23.8. The normalized spacial score (nSPS) is 12.9. The highest BCUT2D eigenvalue weighted by molar-refractivity contribution is 5.97. The molecule has 0 aliphatic carbocycles. The molecular weight excluding hydrogens is 593 g/mol. The first-order valence-electron chi connectivity index (χ1n) is 17.7. The molecule has 7 aromatic carbocycles. The molecule has 0 radical (unpaired) electrons. The van der Waals surface area contributed by atoms with Crippen molar-refractivity contribution in [2.24, 2.45) is 0 Å². The van der Waals surface area contributed by atoms with Crippen molar-refractivity contribution in [2.75, 3.05) is 9.80 Å². The molecule has 2 heteroatoms. The van der Waals surface area contributed by atoms with Gasteiger partial charge in [0.05, 0.1) is 5.54 Å². The predicted octanol–water partition coefficient (Wildman–Crippen LogP) is 13.6. The predicted molar refractivity (Wildman–Crippen MR) is 212 cm³/mol. The van der Waals surface area contributed by atoms with E-state index >= 15 is 0 Å². The quantitative estimate of drug-likeness (QED) is 0.147. The maximum atomic E-state index is 2.57. The van der Waals surface area contributed by atoms with Crippen molar-refractivity contribution in [3.05, 3.63) is 175 Å². The summed E-state index contributed by atoms with van der Waals surface area (Å²) in [5.74, 6) is 0. The minimum Gasteiger partial charge on any atom is -0.331 e. The molecule has 7 aromatic rings. The lowest BCUT2D eigenvalue weighted by molar-refractivity contribution is 0.462. The van der Waals surface area contributed by atoms with E-state index in [9.17, 15) is 0 Å². The van der Waals surface area contributed by atoms with E-state index < -0.39 is 0 Å². The van der Waals surface area contributed by atoms with Crippen molar-refractivity contribution in [3.8, 4) is 0 Å². The second-order valence-corrected chi connectivity index (χ2v) is 14.0. The van der Waals surface area contributed by atoms with Crippen LogP contribution in [0.3, 0.4) is 0 Å². The second-order valence-electron chi connectivity index (χ2n) is 14.0. The topological polar surface area (TPSA) is 6.48 Å². The summed E-state index contributed by atoms with van der Waals surface area (Å²) in [6, 6.07) is 60.0. The lowest BCUT2D eigenvalue weighted by Gasteiger charge is -2.44. The van der Waals surface area contributed by atoms with Crippen LogP contribution in [0.5, 0.6) is 0 Å². The summed E-state index contributed by atoms with van der Waals surface area (Å²) in [5, 5.41) is 4.96. The average molecular weight is 639 g/mol. The van der Waals surface area contributed by atoms with Crippen LogP contribution in [-0.2, 0) is 11.0 Å². The second kappa shape index (κ2) is 13.3. The minimum absolute atomic E-state index is 0.141. The molecule has 1 atom stereocenters. The van der Waals surface area contributed by atoms with Crippen molar-refractivity contribution in [2.45, 2.75) is 58.4 Å². The Bertz CT molecular complexity index is 2180. The van der Waals surface area contributed by atoms with Crippen LogP contribution >= 0.6 is 0 Å². The molecule has 0 N–H and O–H groups in total. The molecule has 0 bridgehead atoms. The standard InChI is InChI=1S/C47H46N2/c1-6-46(3,4)38-25-27-39(28-26-38)47(5,7-2)49(45-23-15-19-36-17-13-14-22-44(36)45)42-32-30-41(31-33-42)48(40-20-9-8-10-21-40)43-29-24-35-16-11-12-18-37(35)34-43/h8-34H,6-7H2,1-5H3.